The van der Waals surface area contributed by atoms with Gasteiger partial charge in [-0.25, -0.2) is 0 Å². The van der Waals surface area contributed by atoms with Crippen LogP contribution in [0.3, 0.4) is 0 Å². The van der Waals surface area contributed by atoms with Gasteiger partial charge in [-0.05, 0) is 16.9 Å². The van der Waals surface area contributed by atoms with Crippen molar-refractivity contribution in [1.29, 1.82) is 0 Å². The minimum absolute atomic E-state index is 0. The summed E-state index contributed by atoms with van der Waals surface area (Å²) in [7, 11) is 0. The fraction of sp³-hybridized carbons (Fsp3) is 0.600. The molecule has 0 aromatic heterocycles. The van der Waals surface area contributed by atoms with Crippen LogP contribution in [0.15, 0.2) is 24.3 Å². The Labute approximate surface area is 123 Å². The van der Waals surface area contributed by atoms with E-state index in [0.717, 1.165) is 0 Å². The minimum Gasteiger partial charge on any atom is -0.870 e. The topological polar surface area (TPSA) is 32.3 Å². The molecule has 96 valence electrons. The van der Waals surface area contributed by atoms with Gasteiger partial charge in [-0.2, -0.15) is 0 Å². The molecule has 0 aliphatic heterocycles. The van der Waals surface area contributed by atoms with Gasteiger partial charge >= 0.3 is 18.9 Å². The molecule has 0 aliphatic rings. The number of hydrogen-bond acceptors (Lipinski definition) is 2. The second-order valence-electron chi connectivity index (χ2n) is 6.68. The smallest absolute Gasteiger partial charge is 0.870 e. The van der Waals surface area contributed by atoms with Gasteiger partial charge in [-0.1, -0.05) is 65.5 Å². The molecule has 0 amide bonds. The molecule has 18 heavy (non-hydrogen) atoms. The van der Waals surface area contributed by atoms with Gasteiger partial charge in [-0.3, -0.25) is 0 Å². The monoisotopic (exact) mass is 242 g/mol. The zero-order valence-electron chi connectivity index (χ0n) is 12.7. The molecule has 0 bridgehead atoms. The third-order valence-electron chi connectivity index (χ3n) is 2.67. The van der Waals surface area contributed by atoms with E-state index in [1.165, 1.54) is 6.07 Å². The SMILES string of the molecule is CC(C)(C)C(Oc1ccccc1[O-])C(C)(C)C.[Li+]. The largest absolute Gasteiger partial charge is 1.00 e. The van der Waals surface area contributed by atoms with Crippen LogP contribution in [0, 0.1) is 10.8 Å². The fourth-order valence-corrected chi connectivity index (χ4v) is 2.33. The van der Waals surface area contributed by atoms with E-state index in [1.54, 1.807) is 12.1 Å². The first-order valence-corrected chi connectivity index (χ1v) is 6.05. The first-order chi connectivity index (χ1) is 7.62. The Bertz CT molecular complexity index is 361. The van der Waals surface area contributed by atoms with Crippen LogP contribution < -0.4 is 28.7 Å². The van der Waals surface area contributed by atoms with E-state index in [-0.39, 0.29) is 41.5 Å². The van der Waals surface area contributed by atoms with Crippen LogP contribution in [0.25, 0.3) is 0 Å². The van der Waals surface area contributed by atoms with Crippen LogP contribution in [-0.2, 0) is 0 Å². The number of hydrogen-bond donors (Lipinski definition) is 0. The summed E-state index contributed by atoms with van der Waals surface area (Å²) in [6, 6.07) is 6.85. The van der Waals surface area contributed by atoms with E-state index >= 15 is 0 Å². The van der Waals surface area contributed by atoms with Gasteiger partial charge in [-0.15, -0.1) is 0 Å². The van der Waals surface area contributed by atoms with Crippen molar-refractivity contribution in [1.82, 2.24) is 0 Å². The molecular weight excluding hydrogens is 219 g/mol. The first kappa shape index (κ1) is 17.4. The van der Waals surface area contributed by atoms with Crippen LogP contribution in [-0.4, -0.2) is 6.10 Å². The minimum atomic E-state index is -0.0500. The van der Waals surface area contributed by atoms with Gasteiger partial charge in [0.2, 0.25) is 0 Å². The molecule has 0 unspecified atom stereocenters. The summed E-state index contributed by atoms with van der Waals surface area (Å²) in [5, 5.41) is 11.7. The summed E-state index contributed by atoms with van der Waals surface area (Å²) in [5.41, 5.74) is -0.0267. The molecule has 1 aromatic carbocycles. The Balaban J connectivity index is 0.00000289. The first-order valence-electron chi connectivity index (χ1n) is 6.05. The maximum absolute atomic E-state index is 11.7. The quantitative estimate of drug-likeness (QED) is 0.712. The summed E-state index contributed by atoms with van der Waals surface area (Å²) in [6.45, 7) is 12.8. The number of benzene rings is 1. The van der Waals surface area contributed by atoms with Crippen molar-refractivity contribution in [2.24, 2.45) is 10.8 Å². The van der Waals surface area contributed by atoms with Gasteiger partial charge in [0.25, 0.3) is 0 Å². The molecular formula is C15H23LiO2. The molecule has 0 radical (unpaired) electrons. The van der Waals surface area contributed by atoms with E-state index < -0.39 is 0 Å². The average Bonchev–Trinajstić information content (AvgIpc) is 2.12. The fourth-order valence-electron chi connectivity index (χ4n) is 2.33. The molecule has 0 atom stereocenters. The maximum Gasteiger partial charge on any atom is 1.00 e. The van der Waals surface area contributed by atoms with Crippen molar-refractivity contribution in [2.75, 3.05) is 0 Å². The maximum atomic E-state index is 11.7. The van der Waals surface area contributed by atoms with Crippen LogP contribution >= 0.6 is 0 Å². The summed E-state index contributed by atoms with van der Waals surface area (Å²) < 4.78 is 5.96. The van der Waals surface area contributed by atoms with Crippen LogP contribution in [0.4, 0.5) is 0 Å². The summed E-state index contributed by atoms with van der Waals surface area (Å²) >= 11 is 0. The number of ether oxygens (including phenoxy) is 1. The van der Waals surface area contributed by atoms with Crippen molar-refractivity contribution in [3.8, 4) is 11.5 Å². The number of rotatable bonds is 2. The van der Waals surface area contributed by atoms with E-state index in [4.69, 9.17) is 4.74 Å². The molecule has 0 saturated heterocycles. The summed E-state index contributed by atoms with van der Waals surface area (Å²) in [4.78, 5) is 0. The van der Waals surface area contributed by atoms with Crippen molar-refractivity contribution in [3.05, 3.63) is 24.3 Å². The zero-order chi connectivity index (χ0) is 13.3. The van der Waals surface area contributed by atoms with E-state index in [1.807, 2.05) is 6.07 Å². The molecule has 1 aromatic rings. The molecule has 0 N–H and O–H groups in total. The Morgan fingerprint density at radius 2 is 1.39 bits per heavy atom. The van der Waals surface area contributed by atoms with Crippen LogP contribution in [0.5, 0.6) is 11.5 Å². The van der Waals surface area contributed by atoms with Crippen molar-refractivity contribution < 1.29 is 28.7 Å². The standard InChI is InChI=1S/C15H24O2.Li/c1-14(2,3)13(15(4,5)6)17-12-10-8-7-9-11(12)16;/h7-10,13,16H,1-6H3;/q;+1/p-1. The third kappa shape index (κ3) is 4.59. The molecule has 0 aliphatic carbocycles. The van der Waals surface area contributed by atoms with Crippen molar-refractivity contribution in [3.63, 3.8) is 0 Å². The Kier molecular flexibility index (Phi) is 5.84. The predicted octanol–water partition coefficient (Wildman–Crippen LogP) is 0.604. The average molecular weight is 242 g/mol. The van der Waals surface area contributed by atoms with Gasteiger partial charge < -0.3 is 9.84 Å². The molecule has 3 heteroatoms. The van der Waals surface area contributed by atoms with Gasteiger partial charge in [0.1, 0.15) is 11.9 Å². The third-order valence-corrected chi connectivity index (χ3v) is 2.67. The Morgan fingerprint density at radius 3 is 1.78 bits per heavy atom. The van der Waals surface area contributed by atoms with Gasteiger partial charge in [0.15, 0.2) is 0 Å². The van der Waals surface area contributed by atoms with Crippen LogP contribution in [0.2, 0.25) is 0 Å². The summed E-state index contributed by atoms with van der Waals surface area (Å²) in [6.07, 6.45) is -0.00917. The second-order valence-corrected chi connectivity index (χ2v) is 6.68. The molecule has 1 rings (SSSR count). The molecule has 0 fully saturated rings. The zero-order valence-corrected chi connectivity index (χ0v) is 12.7. The molecule has 2 nitrogen and oxygen atoms in total. The predicted molar refractivity (Wildman–Crippen MR) is 69.2 cm³/mol. The number of para-hydroxylation sites is 2. The summed E-state index contributed by atoms with van der Waals surface area (Å²) in [5.74, 6) is 0.397. The van der Waals surface area contributed by atoms with Gasteiger partial charge in [0.05, 0.1) is 0 Å². The van der Waals surface area contributed by atoms with Crippen molar-refractivity contribution in [2.45, 2.75) is 47.6 Å². The molecule has 0 spiro atoms. The molecule has 0 saturated carbocycles. The van der Waals surface area contributed by atoms with E-state index in [2.05, 4.69) is 41.5 Å². The van der Waals surface area contributed by atoms with Crippen molar-refractivity contribution >= 4 is 0 Å². The Morgan fingerprint density at radius 1 is 0.944 bits per heavy atom. The van der Waals surface area contributed by atoms with Gasteiger partial charge in [0, 0.05) is 0 Å². The Hall–Kier alpha value is -0.583. The van der Waals surface area contributed by atoms with E-state index in [0.29, 0.717) is 5.75 Å². The normalized spacial score (nSPS) is 12.2. The second kappa shape index (κ2) is 6.04. The molecule has 0 heterocycles. The van der Waals surface area contributed by atoms with Crippen LogP contribution in [0.1, 0.15) is 41.5 Å². The van der Waals surface area contributed by atoms with E-state index in [9.17, 15) is 5.11 Å².